The van der Waals surface area contributed by atoms with Crippen LogP contribution in [0.25, 0.3) is 11.1 Å². The van der Waals surface area contributed by atoms with Crippen LogP contribution in [-0.2, 0) is 34.0 Å². The predicted octanol–water partition coefficient (Wildman–Crippen LogP) is 4.68. The Morgan fingerprint density at radius 1 is 0.805 bits per heavy atom. The van der Waals surface area contributed by atoms with E-state index in [4.69, 9.17) is 5.73 Å². The first-order valence-electron chi connectivity index (χ1n) is 12.4. The van der Waals surface area contributed by atoms with Crippen molar-refractivity contribution in [2.45, 2.75) is 30.1 Å². The lowest BCUT2D eigenvalue weighted by Crippen LogP contribution is -2.46. The molecule has 0 aliphatic rings. The fourth-order valence-electron chi connectivity index (χ4n) is 4.26. The van der Waals surface area contributed by atoms with Crippen molar-refractivity contribution in [1.82, 2.24) is 10.0 Å². The molecule has 0 saturated heterocycles. The van der Waals surface area contributed by atoms with E-state index in [-0.39, 0.29) is 18.5 Å². The van der Waals surface area contributed by atoms with Gasteiger partial charge in [-0.25, -0.2) is 13.1 Å². The molecule has 7 nitrogen and oxygen atoms in total. The SMILES string of the molecule is NC(=O)[C@@H](Cc1ccccc1)NC(=O)c1ccccc1-c1ccccc1CNS(=O)(=O)c1cccc(C(F)(F)F)c1. The summed E-state index contributed by atoms with van der Waals surface area (Å²) >= 11 is 0. The number of nitrogens with one attached hydrogen (secondary N) is 2. The van der Waals surface area contributed by atoms with E-state index in [1.165, 1.54) is 0 Å². The summed E-state index contributed by atoms with van der Waals surface area (Å²) in [5.41, 5.74) is 6.96. The van der Waals surface area contributed by atoms with Crippen LogP contribution >= 0.6 is 0 Å². The number of hydrogen-bond donors (Lipinski definition) is 3. The molecule has 0 aliphatic heterocycles. The summed E-state index contributed by atoms with van der Waals surface area (Å²) in [7, 11) is -4.30. The minimum atomic E-state index is -4.70. The molecule has 212 valence electrons. The average Bonchev–Trinajstić information content (AvgIpc) is 2.96. The van der Waals surface area contributed by atoms with Crippen LogP contribution in [-0.4, -0.2) is 26.3 Å². The first kappa shape index (κ1) is 29.5. The van der Waals surface area contributed by atoms with E-state index in [0.717, 1.165) is 23.8 Å². The third-order valence-electron chi connectivity index (χ3n) is 6.33. The number of sulfonamides is 1. The number of nitrogens with two attached hydrogens (primary N) is 1. The molecule has 0 radical (unpaired) electrons. The van der Waals surface area contributed by atoms with Crippen molar-refractivity contribution in [3.8, 4) is 11.1 Å². The maximum Gasteiger partial charge on any atom is 0.416 e. The van der Waals surface area contributed by atoms with Crippen molar-refractivity contribution >= 4 is 21.8 Å². The number of carbonyl (C=O) groups excluding carboxylic acids is 2. The highest BCUT2D eigenvalue weighted by Gasteiger charge is 2.31. The van der Waals surface area contributed by atoms with Crippen LogP contribution in [0.2, 0.25) is 0 Å². The standard InChI is InChI=1S/C30H26F3N3O4S/c31-30(32,33)22-12-8-13-23(18-22)41(39,40)35-19-21-11-4-5-14-24(21)25-15-6-7-16-26(25)29(38)36-27(28(34)37)17-20-9-2-1-3-10-20/h1-16,18,27,35H,17,19H2,(H2,34,37)(H,36,38)/t27-/m1/s1. The van der Waals surface area contributed by atoms with Gasteiger partial charge in [0.05, 0.1) is 10.5 Å². The maximum atomic E-state index is 13.3. The molecule has 0 fully saturated rings. The van der Waals surface area contributed by atoms with Gasteiger partial charge in [-0.3, -0.25) is 9.59 Å². The molecule has 0 bridgehead atoms. The van der Waals surface area contributed by atoms with Crippen LogP contribution in [0.4, 0.5) is 13.2 Å². The summed E-state index contributed by atoms with van der Waals surface area (Å²) in [5.74, 6) is -1.26. The molecule has 0 heterocycles. The summed E-state index contributed by atoms with van der Waals surface area (Å²) in [6.07, 6.45) is -4.50. The van der Waals surface area contributed by atoms with Gasteiger partial charge in [0.25, 0.3) is 5.91 Å². The summed E-state index contributed by atoms with van der Waals surface area (Å²) in [6.45, 7) is -0.261. The Labute approximate surface area is 235 Å². The van der Waals surface area contributed by atoms with Crippen molar-refractivity contribution in [1.29, 1.82) is 0 Å². The summed E-state index contributed by atoms with van der Waals surface area (Å²) in [6, 6.07) is 24.8. The molecule has 4 rings (SSSR count). The van der Waals surface area contributed by atoms with E-state index in [1.807, 2.05) is 30.3 Å². The van der Waals surface area contributed by atoms with Crippen LogP contribution in [0, 0.1) is 0 Å². The van der Waals surface area contributed by atoms with Crippen LogP contribution in [0.1, 0.15) is 27.0 Å². The number of rotatable bonds is 10. The van der Waals surface area contributed by atoms with E-state index in [1.54, 1.807) is 48.5 Å². The Balaban J connectivity index is 1.59. The maximum absolute atomic E-state index is 13.3. The zero-order chi connectivity index (χ0) is 29.6. The van der Waals surface area contributed by atoms with Gasteiger partial charge >= 0.3 is 6.18 Å². The van der Waals surface area contributed by atoms with Crippen LogP contribution in [0.5, 0.6) is 0 Å². The Hall–Kier alpha value is -4.48. The zero-order valence-corrected chi connectivity index (χ0v) is 22.4. The van der Waals surface area contributed by atoms with E-state index in [9.17, 15) is 31.2 Å². The van der Waals surface area contributed by atoms with E-state index in [2.05, 4.69) is 10.0 Å². The number of hydrogen-bond acceptors (Lipinski definition) is 4. The molecular formula is C30H26F3N3O4S. The second-order valence-electron chi connectivity index (χ2n) is 9.17. The lowest BCUT2D eigenvalue weighted by Gasteiger charge is -2.18. The molecule has 1 atom stereocenters. The highest BCUT2D eigenvalue weighted by molar-refractivity contribution is 7.89. The number of benzene rings is 4. The molecule has 4 aromatic rings. The highest BCUT2D eigenvalue weighted by Crippen LogP contribution is 2.31. The average molecular weight is 582 g/mol. The molecule has 0 unspecified atom stereocenters. The topological polar surface area (TPSA) is 118 Å². The van der Waals surface area contributed by atoms with Crippen molar-refractivity contribution in [3.63, 3.8) is 0 Å². The van der Waals surface area contributed by atoms with Gasteiger partial charge in [-0.2, -0.15) is 13.2 Å². The van der Waals surface area contributed by atoms with E-state index in [0.29, 0.717) is 22.8 Å². The largest absolute Gasteiger partial charge is 0.416 e. The molecule has 4 N–H and O–H groups in total. The third-order valence-corrected chi connectivity index (χ3v) is 7.73. The van der Waals surface area contributed by atoms with Gasteiger partial charge in [0.1, 0.15) is 6.04 Å². The van der Waals surface area contributed by atoms with Gasteiger partial charge in [0.15, 0.2) is 0 Å². The summed E-state index contributed by atoms with van der Waals surface area (Å²) in [4.78, 5) is 25.0. The lowest BCUT2D eigenvalue weighted by atomic mass is 9.94. The second-order valence-corrected chi connectivity index (χ2v) is 10.9. The first-order chi connectivity index (χ1) is 19.5. The molecule has 0 aliphatic carbocycles. The van der Waals surface area contributed by atoms with Gasteiger partial charge in [-0.1, -0.05) is 78.9 Å². The smallest absolute Gasteiger partial charge is 0.368 e. The molecule has 41 heavy (non-hydrogen) atoms. The van der Waals surface area contributed by atoms with Crippen molar-refractivity contribution in [2.24, 2.45) is 5.73 Å². The van der Waals surface area contributed by atoms with Gasteiger partial charge in [-0.15, -0.1) is 0 Å². The number of carbonyl (C=O) groups is 2. The molecule has 0 saturated carbocycles. The number of alkyl halides is 3. The summed E-state index contributed by atoms with van der Waals surface area (Å²) in [5, 5.41) is 2.69. The van der Waals surface area contributed by atoms with E-state index < -0.39 is 44.5 Å². The third kappa shape index (κ3) is 7.38. The molecule has 0 spiro atoms. The molecule has 4 aromatic carbocycles. The highest BCUT2D eigenvalue weighted by atomic mass is 32.2. The Morgan fingerprint density at radius 2 is 1.44 bits per heavy atom. The summed E-state index contributed by atoms with van der Waals surface area (Å²) < 4.78 is 67.4. The Morgan fingerprint density at radius 3 is 2.12 bits per heavy atom. The molecule has 2 amide bonds. The van der Waals surface area contributed by atoms with Crippen LogP contribution in [0.15, 0.2) is 108 Å². The number of primary amides is 1. The van der Waals surface area contributed by atoms with Crippen molar-refractivity contribution < 1.29 is 31.2 Å². The van der Waals surface area contributed by atoms with Crippen molar-refractivity contribution in [3.05, 3.63) is 125 Å². The van der Waals surface area contributed by atoms with Gasteiger partial charge in [0.2, 0.25) is 15.9 Å². The Bertz CT molecular complexity index is 1660. The normalized spacial score (nSPS) is 12.5. The van der Waals surface area contributed by atoms with E-state index >= 15 is 0 Å². The molecule has 0 aromatic heterocycles. The second kappa shape index (κ2) is 12.4. The van der Waals surface area contributed by atoms with Crippen LogP contribution in [0.3, 0.4) is 0 Å². The van der Waals surface area contributed by atoms with Gasteiger partial charge in [-0.05, 0) is 46.5 Å². The van der Waals surface area contributed by atoms with Crippen LogP contribution < -0.4 is 15.8 Å². The number of amides is 2. The number of halogens is 3. The predicted molar refractivity (Wildman–Crippen MR) is 148 cm³/mol. The first-order valence-corrected chi connectivity index (χ1v) is 13.9. The fraction of sp³-hybridized carbons (Fsp3) is 0.133. The lowest BCUT2D eigenvalue weighted by molar-refractivity contribution is -0.137. The fourth-order valence-corrected chi connectivity index (χ4v) is 5.31. The van der Waals surface area contributed by atoms with Gasteiger partial charge in [0, 0.05) is 18.5 Å². The monoisotopic (exact) mass is 581 g/mol. The minimum Gasteiger partial charge on any atom is -0.368 e. The molecular weight excluding hydrogens is 555 g/mol. The quantitative estimate of drug-likeness (QED) is 0.252. The van der Waals surface area contributed by atoms with Gasteiger partial charge < -0.3 is 11.1 Å². The zero-order valence-electron chi connectivity index (χ0n) is 21.6. The van der Waals surface area contributed by atoms with Crippen molar-refractivity contribution in [2.75, 3.05) is 0 Å². The Kier molecular flexibility index (Phi) is 8.89. The molecule has 11 heteroatoms. The minimum absolute atomic E-state index is 0.192.